The number of carbonyl (C=O) groups is 1. The van der Waals surface area contributed by atoms with Crippen molar-refractivity contribution in [2.24, 2.45) is 23.7 Å². The molecule has 4 fully saturated rings. The summed E-state index contributed by atoms with van der Waals surface area (Å²) < 4.78 is 5.55. The number of nitrogens with one attached hydrogen (secondary N) is 1. The van der Waals surface area contributed by atoms with Gasteiger partial charge in [0.1, 0.15) is 5.60 Å². The molecule has 4 rings (SSSR count). The highest BCUT2D eigenvalue weighted by Crippen LogP contribution is 2.65. The van der Waals surface area contributed by atoms with E-state index in [-0.39, 0.29) is 6.09 Å². The minimum Gasteiger partial charge on any atom is -0.444 e. The maximum Gasteiger partial charge on any atom is 0.410 e. The highest BCUT2D eigenvalue weighted by Gasteiger charge is 2.64. The van der Waals surface area contributed by atoms with Crippen LogP contribution >= 0.6 is 0 Å². The van der Waals surface area contributed by atoms with Crippen LogP contribution in [0.15, 0.2) is 0 Å². The van der Waals surface area contributed by atoms with Gasteiger partial charge in [0.2, 0.25) is 0 Å². The van der Waals surface area contributed by atoms with Crippen LogP contribution < -0.4 is 5.32 Å². The molecule has 0 aromatic carbocycles. The molecule has 0 radical (unpaired) electrons. The van der Waals surface area contributed by atoms with E-state index in [1.807, 2.05) is 25.7 Å². The second-order valence-electron chi connectivity index (χ2n) is 8.89. The zero-order valence-electron chi connectivity index (χ0n) is 14.2. The molecule has 124 valence electrons. The van der Waals surface area contributed by atoms with Crippen LogP contribution in [0, 0.1) is 23.7 Å². The third-order valence-electron chi connectivity index (χ3n) is 6.33. The molecule has 1 heterocycles. The summed E-state index contributed by atoms with van der Waals surface area (Å²) in [5, 5.41) is 3.80. The van der Waals surface area contributed by atoms with Crippen LogP contribution in [0.25, 0.3) is 0 Å². The van der Waals surface area contributed by atoms with E-state index in [4.69, 9.17) is 4.74 Å². The first-order chi connectivity index (χ1) is 10.4. The normalized spacial score (nSPS) is 42.6. The van der Waals surface area contributed by atoms with Gasteiger partial charge in [-0.15, -0.1) is 0 Å². The van der Waals surface area contributed by atoms with Crippen molar-refractivity contribution >= 4 is 6.09 Å². The zero-order valence-corrected chi connectivity index (χ0v) is 14.2. The minimum absolute atomic E-state index is 0.132. The third-order valence-corrected chi connectivity index (χ3v) is 6.33. The van der Waals surface area contributed by atoms with Crippen LogP contribution in [0.2, 0.25) is 0 Å². The number of amides is 1. The molecule has 22 heavy (non-hydrogen) atoms. The average Bonchev–Trinajstić information content (AvgIpc) is 2.86. The molecule has 3 aliphatic carbocycles. The minimum atomic E-state index is -0.398. The Morgan fingerprint density at radius 3 is 2.50 bits per heavy atom. The smallest absolute Gasteiger partial charge is 0.410 e. The molecule has 1 amide bonds. The summed E-state index contributed by atoms with van der Waals surface area (Å²) in [5.41, 5.74) is -0.398. The molecule has 5 atom stereocenters. The van der Waals surface area contributed by atoms with E-state index in [0.717, 1.165) is 55.6 Å². The van der Waals surface area contributed by atoms with Gasteiger partial charge in [-0.05, 0) is 76.5 Å². The highest BCUT2D eigenvalue weighted by atomic mass is 16.6. The van der Waals surface area contributed by atoms with Gasteiger partial charge in [-0.1, -0.05) is 0 Å². The number of hydrogen-bond donors (Lipinski definition) is 1. The maximum absolute atomic E-state index is 12.3. The van der Waals surface area contributed by atoms with Gasteiger partial charge in [-0.2, -0.15) is 0 Å². The molecule has 1 aliphatic heterocycles. The summed E-state index contributed by atoms with van der Waals surface area (Å²) in [6.07, 6.45) is 6.53. The Morgan fingerprint density at radius 1 is 1.18 bits per heavy atom. The standard InChI is InChI=1S/C18H30N2O2/c1-18(2,3)22-17(21)20-8-4-5-13(20)10-19-16-14-11-6-7-12(9-11)15(14)16/h11-16,19H,4-10H2,1-3H3. The first-order valence-electron chi connectivity index (χ1n) is 9.17. The molecular formula is C18H30N2O2. The Hall–Kier alpha value is -0.770. The molecule has 3 saturated carbocycles. The van der Waals surface area contributed by atoms with Crippen LogP contribution in [-0.4, -0.2) is 41.8 Å². The van der Waals surface area contributed by atoms with Crippen molar-refractivity contribution in [1.29, 1.82) is 0 Å². The van der Waals surface area contributed by atoms with Crippen molar-refractivity contribution in [2.45, 2.75) is 70.6 Å². The highest BCUT2D eigenvalue weighted by molar-refractivity contribution is 5.69. The van der Waals surface area contributed by atoms with Crippen molar-refractivity contribution in [3.63, 3.8) is 0 Å². The predicted octanol–water partition coefficient (Wildman–Crippen LogP) is 3.02. The fourth-order valence-electron chi connectivity index (χ4n) is 5.48. The second-order valence-corrected chi connectivity index (χ2v) is 8.89. The van der Waals surface area contributed by atoms with Gasteiger partial charge in [-0.3, -0.25) is 0 Å². The van der Waals surface area contributed by atoms with Gasteiger partial charge in [-0.25, -0.2) is 4.79 Å². The summed E-state index contributed by atoms with van der Waals surface area (Å²) in [4.78, 5) is 14.3. The quantitative estimate of drug-likeness (QED) is 0.871. The molecule has 0 aromatic heterocycles. The van der Waals surface area contributed by atoms with Crippen molar-refractivity contribution in [1.82, 2.24) is 10.2 Å². The lowest BCUT2D eigenvalue weighted by Gasteiger charge is -2.29. The lowest BCUT2D eigenvalue weighted by Crippen LogP contribution is -2.45. The number of hydrogen-bond acceptors (Lipinski definition) is 3. The maximum atomic E-state index is 12.3. The summed E-state index contributed by atoms with van der Waals surface area (Å²) in [6, 6.07) is 1.08. The Balaban J connectivity index is 1.29. The monoisotopic (exact) mass is 306 g/mol. The van der Waals surface area contributed by atoms with E-state index >= 15 is 0 Å². The van der Waals surface area contributed by atoms with Crippen molar-refractivity contribution < 1.29 is 9.53 Å². The lowest BCUT2D eigenvalue weighted by atomic mass is 10.0. The van der Waals surface area contributed by atoms with Gasteiger partial charge >= 0.3 is 6.09 Å². The number of likely N-dealkylation sites (tertiary alicyclic amines) is 1. The number of nitrogens with zero attached hydrogens (tertiary/aromatic N) is 1. The molecule has 4 aliphatic rings. The topological polar surface area (TPSA) is 41.6 Å². The Kier molecular flexibility index (Phi) is 3.44. The van der Waals surface area contributed by atoms with Gasteiger partial charge in [0, 0.05) is 25.2 Å². The molecule has 0 spiro atoms. The van der Waals surface area contributed by atoms with Crippen LogP contribution in [0.3, 0.4) is 0 Å². The van der Waals surface area contributed by atoms with Gasteiger partial charge in [0.05, 0.1) is 0 Å². The third kappa shape index (κ3) is 2.53. The van der Waals surface area contributed by atoms with Crippen LogP contribution in [0.4, 0.5) is 4.79 Å². The largest absolute Gasteiger partial charge is 0.444 e. The van der Waals surface area contributed by atoms with Crippen molar-refractivity contribution in [3.05, 3.63) is 0 Å². The average molecular weight is 306 g/mol. The Labute approximate surface area is 134 Å². The Morgan fingerprint density at radius 2 is 1.86 bits per heavy atom. The Bertz CT molecular complexity index is 442. The number of carbonyl (C=O) groups excluding carboxylic acids is 1. The van der Waals surface area contributed by atoms with Crippen molar-refractivity contribution in [3.8, 4) is 0 Å². The van der Waals surface area contributed by atoms with Crippen LogP contribution in [-0.2, 0) is 4.74 Å². The molecule has 5 unspecified atom stereocenters. The molecule has 4 nitrogen and oxygen atoms in total. The number of ether oxygens (including phenoxy) is 1. The van der Waals surface area contributed by atoms with Gasteiger partial charge in [0.15, 0.2) is 0 Å². The van der Waals surface area contributed by atoms with E-state index in [1.54, 1.807) is 0 Å². The lowest BCUT2D eigenvalue weighted by molar-refractivity contribution is 0.0225. The van der Waals surface area contributed by atoms with E-state index in [1.165, 1.54) is 19.3 Å². The summed E-state index contributed by atoms with van der Waals surface area (Å²) in [6.45, 7) is 7.63. The molecule has 2 bridgehead atoms. The summed E-state index contributed by atoms with van der Waals surface area (Å²) >= 11 is 0. The SMILES string of the molecule is CC(C)(C)OC(=O)N1CCCC1CNC1C2C3CCC(C3)C12. The van der Waals surface area contributed by atoms with Crippen molar-refractivity contribution in [2.75, 3.05) is 13.1 Å². The van der Waals surface area contributed by atoms with Gasteiger partial charge < -0.3 is 15.0 Å². The van der Waals surface area contributed by atoms with E-state index < -0.39 is 5.60 Å². The molecule has 1 N–H and O–H groups in total. The van der Waals surface area contributed by atoms with Gasteiger partial charge in [0.25, 0.3) is 0 Å². The molecular weight excluding hydrogens is 276 g/mol. The summed E-state index contributed by atoms with van der Waals surface area (Å²) in [5.74, 6) is 3.96. The molecule has 1 saturated heterocycles. The fourth-order valence-corrected chi connectivity index (χ4v) is 5.48. The first kappa shape index (κ1) is 14.8. The fraction of sp³-hybridized carbons (Fsp3) is 0.944. The number of fused-ring (bicyclic) bond motifs is 5. The second kappa shape index (κ2) is 5.12. The van der Waals surface area contributed by atoms with E-state index in [2.05, 4.69) is 5.32 Å². The predicted molar refractivity (Wildman–Crippen MR) is 85.6 cm³/mol. The van der Waals surface area contributed by atoms with Crippen LogP contribution in [0.5, 0.6) is 0 Å². The molecule has 4 heteroatoms. The number of rotatable bonds is 3. The van der Waals surface area contributed by atoms with Crippen LogP contribution in [0.1, 0.15) is 52.9 Å². The summed E-state index contributed by atoms with van der Waals surface area (Å²) in [7, 11) is 0. The van der Waals surface area contributed by atoms with E-state index in [0.29, 0.717) is 6.04 Å². The first-order valence-corrected chi connectivity index (χ1v) is 9.17. The zero-order chi connectivity index (χ0) is 15.5. The van der Waals surface area contributed by atoms with E-state index in [9.17, 15) is 4.79 Å². The molecule has 0 aromatic rings.